The van der Waals surface area contributed by atoms with Crippen LogP contribution in [0.5, 0.6) is 0 Å². The molecule has 4 heteroatoms. The highest BCUT2D eigenvalue weighted by Crippen LogP contribution is 2.50. The Labute approximate surface area is 69.6 Å². The van der Waals surface area contributed by atoms with Crippen molar-refractivity contribution in [1.82, 2.24) is 0 Å². The van der Waals surface area contributed by atoms with Crippen LogP contribution >= 0.6 is 6.90 Å². The van der Waals surface area contributed by atoms with E-state index < -0.39 is 15.5 Å². The standard InChI is InChI=1S/C6H18BPSi2/c1-9(2,3)8(7)10(4,5)6/h1-6H3. The second-order valence-electron chi connectivity index (χ2n) is 4.71. The van der Waals surface area contributed by atoms with Gasteiger partial charge in [-0.05, 0) is 0 Å². The van der Waals surface area contributed by atoms with Gasteiger partial charge in [0.1, 0.15) is 0 Å². The van der Waals surface area contributed by atoms with Gasteiger partial charge in [-0.2, -0.15) is 6.90 Å². The van der Waals surface area contributed by atoms with E-state index >= 15 is 0 Å². The average molecular weight is 188 g/mol. The van der Waals surface area contributed by atoms with E-state index in [0.29, 0.717) is 0 Å². The average Bonchev–Trinajstić information content (AvgIpc) is 1.59. The van der Waals surface area contributed by atoms with Gasteiger partial charge < -0.3 is 0 Å². The summed E-state index contributed by atoms with van der Waals surface area (Å²) in [5.41, 5.74) is 0. The van der Waals surface area contributed by atoms with E-state index in [9.17, 15) is 0 Å². The van der Waals surface area contributed by atoms with Crippen molar-refractivity contribution < 1.29 is 0 Å². The lowest BCUT2D eigenvalue weighted by Gasteiger charge is -2.37. The van der Waals surface area contributed by atoms with E-state index in [-0.39, 0.29) is 6.90 Å². The Kier molecular flexibility index (Phi) is 3.41. The van der Waals surface area contributed by atoms with Crippen LogP contribution in [0.3, 0.4) is 0 Å². The highest BCUT2D eigenvalue weighted by atomic mass is 31.6. The quantitative estimate of drug-likeness (QED) is 0.461. The van der Waals surface area contributed by atoms with Crippen LogP contribution in [0.4, 0.5) is 0 Å². The molecule has 0 aliphatic carbocycles. The lowest BCUT2D eigenvalue weighted by atomic mass is 10.8. The summed E-state index contributed by atoms with van der Waals surface area (Å²) in [6.07, 6.45) is 0. The van der Waals surface area contributed by atoms with Crippen LogP contribution in [-0.4, -0.2) is 23.0 Å². The maximum Gasteiger partial charge on any atom is 0.0976 e. The van der Waals surface area contributed by atoms with Gasteiger partial charge in [0.2, 0.25) is 0 Å². The summed E-state index contributed by atoms with van der Waals surface area (Å²) in [6.45, 7) is 14.2. The van der Waals surface area contributed by atoms with Crippen molar-refractivity contribution in [2.24, 2.45) is 0 Å². The van der Waals surface area contributed by atoms with Gasteiger partial charge in [0.25, 0.3) is 0 Å². The molecule has 0 spiro atoms. The van der Waals surface area contributed by atoms with Gasteiger partial charge in [0, 0.05) is 0 Å². The van der Waals surface area contributed by atoms with Crippen molar-refractivity contribution in [3.63, 3.8) is 0 Å². The third-order valence-electron chi connectivity index (χ3n) is 1.45. The van der Waals surface area contributed by atoms with Crippen LogP contribution in [0, 0.1) is 0 Å². The van der Waals surface area contributed by atoms with Crippen molar-refractivity contribution in [3.05, 3.63) is 0 Å². The van der Waals surface area contributed by atoms with Crippen LogP contribution < -0.4 is 0 Å². The number of rotatable bonds is 2. The molecule has 0 saturated heterocycles. The van der Waals surface area contributed by atoms with Crippen molar-refractivity contribution in [2.75, 3.05) is 0 Å². The minimum absolute atomic E-state index is 0.0849. The summed E-state index contributed by atoms with van der Waals surface area (Å²) in [6, 6.07) is 0. The van der Waals surface area contributed by atoms with Crippen molar-refractivity contribution in [1.29, 1.82) is 0 Å². The molecule has 0 N–H and O–H groups in total. The van der Waals surface area contributed by atoms with E-state index in [4.69, 9.17) is 7.57 Å². The first-order valence-electron chi connectivity index (χ1n) is 3.71. The molecule has 0 amide bonds. The lowest BCUT2D eigenvalue weighted by Crippen LogP contribution is -2.32. The van der Waals surface area contributed by atoms with Crippen LogP contribution in [0.2, 0.25) is 39.3 Å². The molecule has 58 valence electrons. The smallest absolute Gasteiger partial charge is 0.0976 e. The monoisotopic (exact) mass is 188 g/mol. The largest absolute Gasteiger partial charge is 0.177 e. The second-order valence-corrected chi connectivity index (χ2v) is 26.4. The Bertz CT molecular complexity index is 99.9. The van der Waals surface area contributed by atoms with Crippen LogP contribution in [0.15, 0.2) is 0 Å². The summed E-state index contributed by atoms with van der Waals surface area (Å²) in [7, 11) is 4.23. The summed E-state index contributed by atoms with van der Waals surface area (Å²) in [5, 5.41) is 0. The third-order valence-corrected chi connectivity index (χ3v) is 25.1. The number of hydrogen-bond donors (Lipinski definition) is 0. The molecule has 0 unspecified atom stereocenters. The first-order chi connectivity index (χ1) is 4.15. The lowest BCUT2D eigenvalue weighted by molar-refractivity contribution is 1.84. The SMILES string of the molecule is [B]P([Si](C)(C)C)[Si](C)(C)C. The molecular weight excluding hydrogens is 170 g/mol. The molecule has 0 aromatic rings. The summed E-state index contributed by atoms with van der Waals surface area (Å²) < 4.78 is 0. The highest BCUT2D eigenvalue weighted by Gasteiger charge is 2.31. The normalized spacial score (nSPS) is 14.3. The Morgan fingerprint density at radius 1 is 0.800 bits per heavy atom. The molecule has 0 rings (SSSR count). The fraction of sp³-hybridized carbons (Fsp3) is 1.00. The first-order valence-corrected chi connectivity index (χ1v) is 13.8. The second kappa shape index (κ2) is 3.12. The summed E-state index contributed by atoms with van der Waals surface area (Å²) in [4.78, 5) is 0. The van der Waals surface area contributed by atoms with E-state index in [1.165, 1.54) is 0 Å². The third kappa shape index (κ3) is 3.36. The fourth-order valence-electron chi connectivity index (χ4n) is 1.01. The Morgan fingerprint density at radius 2 is 1.00 bits per heavy atom. The van der Waals surface area contributed by atoms with E-state index in [1.54, 1.807) is 0 Å². The zero-order chi connectivity index (χ0) is 8.58. The molecule has 0 nitrogen and oxygen atoms in total. The van der Waals surface area contributed by atoms with Gasteiger partial charge in [-0.3, -0.25) is 0 Å². The minimum Gasteiger partial charge on any atom is -0.177 e. The molecule has 0 aliphatic rings. The molecule has 0 aliphatic heterocycles. The predicted octanol–water partition coefficient (Wildman–Crippen LogP) is 3.22. The zero-order valence-corrected chi connectivity index (χ0v) is 10.9. The van der Waals surface area contributed by atoms with Gasteiger partial charge in [-0.15, -0.1) is 0 Å². The maximum atomic E-state index is 6.22. The molecule has 0 heterocycles. The van der Waals surface area contributed by atoms with E-state index in [0.717, 1.165) is 0 Å². The Morgan fingerprint density at radius 3 is 1.00 bits per heavy atom. The van der Waals surface area contributed by atoms with Crippen LogP contribution in [0.25, 0.3) is 0 Å². The first kappa shape index (κ1) is 10.9. The molecular formula is C6H18BPSi2. The van der Waals surface area contributed by atoms with Crippen LogP contribution in [0.1, 0.15) is 0 Å². The highest BCUT2D eigenvalue weighted by molar-refractivity contribution is 8.31. The van der Waals surface area contributed by atoms with Crippen molar-refractivity contribution in [3.8, 4) is 0 Å². The molecule has 0 aromatic heterocycles. The van der Waals surface area contributed by atoms with Gasteiger partial charge in [0.15, 0.2) is 0 Å². The molecule has 0 aromatic carbocycles. The van der Waals surface area contributed by atoms with Crippen molar-refractivity contribution in [2.45, 2.75) is 39.3 Å². The zero-order valence-electron chi connectivity index (χ0n) is 8.02. The fourth-order valence-corrected chi connectivity index (χ4v) is 27.2. The maximum absolute atomic E-state index is 6.22. The summed E-state index contributed by atoms with van der Waals surface area (Å²) in [5.74, 6) is 0. The molecule has 0 atom stereocenters. The molecule has 0 fully saturated rings. The molecule has 0 bridgehead atoms. The molecule has 2 radical (unpaired) electrons. The molecule has 0 saturated carbocycles. The minimum atomic E-state index is -0.992. The number of hydrogen-bond acceptors (Lipinski definition) is 0. The van der Waals surface area contributed by atoms with Crippen molar-refractivity contribution >= 4 is 29.9 Å². The van der Waals surface area contributed by atoms with Gasteiger partial charge in [-0.1, -0.05) is 39.3 Å². The van der Waals surface area contributed by atoms with Gasteiger partial charge in [0.05, 0.1) is 23.0 Å². The van der Waals surface area contributed by atoms with Gasteiger partial charge >= 0.3 is 0 Å². The Balaban J connectivity index is 4.23. The van der Waals surface area contributed by atoms with Gasteiger partial charge in [-0.25, -0.2) is 0 Å². The predicted molar refractivity (Wildman–Crippen MR) is 59.4 cm³/mol. The van der Waals surface area contributed by atoms with E-state index in [1.807, 2.05) is 0 Å². The molecule has 10 heavy (non-hydrogen) atoms. The van der Waals surface area contributed by atoms with E-state index in [2.05, 4.69) is 39.3 Å². The Hall–Kier alpha value is 0.929. The summed E-state index contributed by atoms with van der Waals surface area (Å²) >= 11 is 0. The van der Waals surface area contributed by atoms with Crippen LogP contribution in [-0.2, 0) is 0 Å². The topological polar surface area (TPSA) is 0 Å².